The molecule has 1 aliphatic rings. The molecule has 1 heterocycles. The monoisotopic (exact) mass is 313 g/mol. The van der Waals surface area contributed by atoms with Crippen molar-refractivity contribution >= 4 is 23.5 Å². The molecular formula is C16H24FNS2. The highest BCUT2D eigenvalue weighted by molar-refractivity contribution is 8.07. The summed E-state index contributed by atoms with van der Waals surface area (Å²) in [7, 11) is 0. The van der Waals surface area contributed by atoms with Crippen LogP contribution >= 0.6 is 23.5 Å². The third-order valence-electron chi connectivity index (χ3n) is 3.85. The highest BCUT2D eigenvalue weighted by Crippen LogP contribution is 2.34. The average molecular weight is 314 g/mol. The van der Waals surface area contributed by atoms with Crippen LogP contribution < -0.4 is 5.32 Å². The molecule has 1 aromatic rings. The molecule has 1 aliphatic heterocycles. The zero-order valence-corrected chi connectivity index (χ0v) is 14.1. The van der Waals surface area contributed by atoms with E-state index in [0.29, 0.717) is 16.5 Å². The van der Waals surface area contributed by atoms with Gasteiger partial charge in [-0.3, -0.25) is 0 Å². The van der Waals surface area contributed by atoms with Crippen LogP contribution in [0.1, 0.15) is 25.0 Å². The molecule has 1 nitrogen and oxygen atoms in total. The van der Waals surface area contributed by atoms with Crippen molar-refractivity contribution in [3.63, 3.8) is 0 Å². The highest BCUT2D eigenvalue weighted by Gasteiger charge is 2.30. The first kappa shape index (κ1) is 16.2. The fourth-order valence-corrected chi connectivity index (χ4v) is 5.72. The van der Waals surface area contributed by atoms with E-state index in [0.717, 1.165) is 18.5 Å². The maximum Gasteiger partial charge on any atom is 0.123 e. The van der Waals surface area contributed by atoms with Gasteiger partial charge in [0.2, 0.25) is 0 Å². The zero-order chi connectivity index (χ0) is 14.5. The van der Waals surface area contributed by atoms with E-state index in [1.54, 1.807) is 12.1 Å². The quantitative estimate of drug-likeness (QED) is 0.885. The van der Waals surface area contributed by atoms with Gasteiger partial charge in [0, 0.05) is 28.0 Å². The van der Waals surface area contributed by atoms with E-state index in [1.807, 2.05) is 6.07 Å². The SMILES string of the molecule is CCNC(Cc1cc(F)ccc1C)C1SCCSC1C. The summed E-state index contributed by atoms with van der Waals surface area (Å²) >= 11 is 4.13. The zero-order valence-electron chi connectivity index (χ0n) is 12.5. The van der Waals surface area contributed by atoms with Gasteiger partial charge >= 0.3 is 0 Å². The lowest BCUT2D eigenvalue weighted by molar-refractivity contribution is 0.498. The normalized spacial score (nSPS) is 24.6. The summed E-state index contributed by atoms with van der Waals surface area (Å²) < 4.78 is 13.5. The van der Waals surface area contributed by atoms with Crippen molar-refractivity contribution in [3.8, 4) is 0 Å². The molecular weight excluding hydrogens is 289 g/mol. The predicted octanol–water partition coefficient (Wildman–Crippen LogP) is 3.89. The molecule has 1 fully saturated rings. The Bertz CT molecular complexity index is 438. The first-order valence-corrected chi connectivity index (χ1v) is 9.43. The molecule has 1 N–H and O–H groups in total. The average Bonchev–Trinajstić information content (AvgIpc) is 2.43. The molecule has 4 heteroatoms. The largest absolute Gasteiger partial charge is 0.313 e. The Labute approximate surface area is 130 Å². The molecule has 0 spiro atoms. The minimum absolute atomic E-state index is 0.125. The van der Waals surface area contributed by atoms with Crippen LogP contribution in [-0.4, -0.2) is 34.6 Å². The summed E-state index contributed by atoms with van der Waals surface area (Å²) in [4.78, 5) is 0. The second-order valence-electron chi connectivity index (χ2n) is 5.35. The number of hydrogen-bond donors (Lipinski definition) is 1. The van der Waals surface area contributed by atoms with Gasteiger partial charge in [-0.1, -0.05) is 19.9 Å². The lowest BCUT2D eigenvalue weighted by atomic mass is 9.97. The van der Waals surface area contributed by atoms with Crippen molar-refractivity contribution in [1.82, 2.24) is 5.32 Å². The molecule has 3 atom stereocenters. The first-order chi connectivity index (χ1) is 9.61. The van der Waals surface area contributed by atoms with Crippen molar-refractivity contribution in [1.29, 1.82) is 0 Å². The second kappa shape index (κ2) is 7.71. The molecule has 0 aromatic heterocycles. The van der Waals surface area contributed by atoms with Crippen LogP contribution in [0.25, 0.3) is 0 Å². The van der Waals surface area contributed by atoms with E-state index in [2.05, 4.69) is 49.6 Å². The van der Waals surface area contributed by atoms with Crippen LogP contribution in [-0.2, 0) is 6.42 Å². The van der Waals surface area contributed by atoms with E-state index >= 15 is 0 Å². The van der Waals surface area contributed by atoms with Gasteiger partial charge in [0.25, 0.3) is 0 Å². The molecule has 0 bridgehead atoms. The van der Waals surface area contributed by atoms with Gasteiger partial charge in [0.15, 0.2) is 0 Å². The van der Waals surface area contributed by atoms with Gasteiger partial charge < -0.3 is 5.32 Å². The fourth-order valence-electron chi connectivity index (χ4n) is 2.76. The highest BCUT2D eigenvalue weighted by atomic mass is 32.2. The van der Waals surface area contributed by atoms with Crippen molar-refractivity contribution < 1.29 is 4.39 Å². The fraction of sp³-hybridized carbons (Fsp3) is 0.625. The van der Waals surface area contributed by atoms with Crippen LogP contribution in [0.2, 0.25) is 0 Å². The summed E-state index contributed by atoms with van der Waals surface area (Å²) in [6.07, 6.45) is 0.917. The van der Waals surface area contributed by atoms with Crippen molar-refractivity contribution in [2.45, 2.75) is 43.7 Å². The Balaban J connectivity index is 2.13. The van der Waals surface area contributed by atoms with E-state index in [4.69, 9.17) is 0 Å². The van der Waals surface area contributed by atoms with E-state index in [-0.39, 0.29) is 5.82 Å². The summed E-state index contributed by atoms with van der Waals surface area (Å²) in [5, 5.41) is 4.89. The molecule has 3 unspecified atom stereocenters. The number of likely N-dealkylation sites (N-methyl/N-ethyl adjacent to an activating group) is 1. The number of aryl methyl sites for hydroxylation is 1. The third kappa shape index (κ3) is 4.15. The molecule has 2 rings (SSSR count). The van der Waals surface area contributed by atoms with Crippen LogP contribution in [0.3, 0.4) is 0 Å². The van der Waals surface area contributed by atoms with Crippen LogP contribution in [0.5, 0.6) is 0 Å². The Hall–Kier alpha value is -0.190. The molecule has 20 heavy (non-hydrogen) atoms. The van der Waals surface area contributed by atoms with Gasteiger partial charge in [-0.05, 0) is 43.1 Å². The smallest absolute Gasteiger partial charge is 0.123 e. The molecule has 112 valence electrons. The lowest BCUT2D eigenvalue weighted by Crippen LogP contribution is -2.45. The number of thioether (sulfide) groups is 2. The third-order valence-corrected chi connectivity index (χ3v) is 7.10. The van der Waals surface area contributed by atoms with Crippen LogP contribution in [0.15, 0.2) is 18.2 Å². The first-order valence-electron chi connectivity index (χ1n) is 7.33. The topological polar surface area (TPSA) is 12.0 Å². The van der Waals surface area contributed by atoms with Crippen molar-refractivity contribution in [3.05, 3.63) is 35.1 Å². The number of halogens is 1. The minimum Gasteiger partial charge on any atom is -0.313 e. The van der Waals surface area contributed by atoms with Gasteiger partial charge in [0.05, 0.1) is 0 Å². The van der Waals surface area contributed by atoms with Gasteiger partial charge in [-0.25, -0.2) is 4.39 Å². The van der Waals surface area contributed by atoms with E-state index < -0.39 is 0 Å². The maximum atomic E-state index is 13.5. The number of hydrogen-bond acceptors (Lipinski definition) is 3. The van der Waals surface area contributed by atoms with E-state index in [1.165, 1.54) is 17.1 Å². The second-order valence-corrected chi connectivity index (χ2v) is 8.12. The number of rotatable bonds is 5. The standard InChI is InChI=1S/C16H24FNS2/c1-4-18-15(16-12(3)19-7-8-20-16)10-13-9-14(17)6-5-11(13)2/h5-6,9,12,15-16,18H,4,7-8,10H2,1-3H3. The van der Waals surface area contributed by atoms with Gasteiger partial charge in [-0.15, -0.1) is 0 Å². The Morgan fingerprint density at radius 2 is 2.10 bits per heavy atom. The Morgan fingerprint density at radius 3 is 2.80 bits per heavy atom. The van der Waals surface area contributed by atoms with E-state index in [9.17, 15) is 4.39 Å². The van der Waals surface area contributed by atoms with Crippen LogP contribution in [0.4, 0.5) is 4.39 Å². The van der Waals surface area contributed by atoms with Crippen molar-refractivity contribution in [2.75, 3.05) is 18.1 Å². The van der Waals surface area contributed by atoms with Gasteiger partial charge in [-0.2, -0.15) is 23.5 Å². The minimum atomic E-state index is -0.125. The molecule has 0 aliphatic carbocycles. The number of nitrogens with one attached hydrogen (secondary N) is 1. The summed E-state index contributed by atoms with van der Waals surface area (Å²) in [6, 6.07) is 5.56. The summed E-state index contributed by atoms with van der Waals surface area (Å²) in [6.45, 7) is 7.51. The molecule has 0 saturated carbocycles. The van der Waals surface area contributed by atoms with Crippen molar-refractivity contribution in [2.24, 2.45) is 0 Å². The predicted molar refractivity (Wildman–Crippen MR) is 90.5 cm³/mol. The maximum absolute atomic E-state index is 13.5. The Kier molecular flexibility index (Phi) is 6.24. The molecule has 0 radical (unpaired) electrons. The summed E-state index contributed by atoms with van der Waals surface area (Å²) in [5.74, 6) is 2.35. The molecule has 0 amide bonds. The summed E-state index contributed by atoms with van der Waals surface area (Å²) in [5.41, 5.74) is 2.33. The van der Waals surface area contributed by atoms with Crippen LogP contribution in [0, 0.1) is 12.7 Å². The molecule has 1 saturated heterocycles. The number of benzene rings is 1. The Morgan fingerprint density at radius 1 is 1.35 bits per heavy atom. The lowest BCUT2D eigenvalue weighted by Gasteiger charge is -2.35. The van der Waals surface area contributed by atoms with Gasteiger partial charge in [0.1, 0.15) is 5.82 Å². The molecule has 1 aromatic carbocycles.